The molecule has 0 radical (unpaired) electrons. The van der Waals surface area contributed by atoms with Crippen molar-refractivity contribution in [2.75, 3.05) is 5.73 Å². The topological polar surface area (TPSA) is 125 Å². The molecule has 1 aromatic carbocycles. The maximum absolute atomic E-state index is 12.6. The summed E-state index contributed by atoms with van der Waals surface area (Å²) in [6, 6.07) is 8.78. The van der Waals surface area contributed by atoms with E-state index in [0.29, 0.717) is 5.56 Å². The van der Waals surface area contributed by atoms with Crippen molar-refractivity contribution < 1.29 is 14.3 Å². The van der Waals surface area contributed by atoms with Crippen molar-refractivity contribution in [3.8, 4) is 0 Å². The van der Waals surface area contributed by atoms with Gasteiger partial charge in [0.05, 0.1) is 18.0 Å². The molecule has 0 unspecified atom stereocenters. The van der Waals surface area contributed by atoms with E-state index in [0.717, 1.165) is 6.42 Å². The van der Waals surface area contributed by atoms with Crippen molar-refractivity contribution in [2.24, 2.45) is 5.92 Å². The van der Waals surface area contributed by atoms with E-state index in [1.54, 1.807) is 28.8 Å². The van der Waals surface area contributed by atoms with Gasteiger partial charge in [-0.15, -0.1) is 0 Å². The molecule has 4 rings (SSSR count). The minimum Gasteiger partial charge on any atom is -0.454 e. The molecule has 1 saturated heterocycles. The standard InChI is InChI=1S/C19H21N5O4/c1-3-12-10(2)14(28-18(26)11-7-5-4-6-8-11)17(27-12)24-9-21-13-15(24)22-19(20)23-16(13)25/h4-10,12,14,17H,3H2,1-2H3,(H3,20,22,23,25)/t10-,12-,14+,17-/m1/s1. The number of nitrogens with two attached hydrogens (primary N) is 1. The van der Waals surface area contributed by atoms with Gasteiger partial charge in [-0.3, -0.25) is 14.3 Å². The maximum Gasteiger partial charge on any atom is 0.338 e. The summed E-state index contributed by atoms with van der Waals surface area (Å²) in [4.78, 5) is 35.5. The Kier molecular flexibility index (Phi) is 4.60. The van der Waals surface area contributed by atoms with E-state index in [4.69, 9.17) is 15.2 Å². The average molecular weight is 383 g/mol. The number of aromatic nitrogens is 4. The molecule has 9 nitrogen and oxygen atoms in total. The Morgan fingerprint density at radius 2 is 2.11 bits per heavy atom. The van der Waals surface area contributed by atoms with Gasteiger partial charge in [-0.2, -0.15) is 4.98 Å². The Labute approximate surface area is 160 Å². The highest BCUT2D eigenvalue weighted by atomic mass is 16.6. The number of ether oxygens (including phenoxy) is 2. The Bertz CT molecular complexity index is 1060. The van der Waals surface area contributed by atoms with Crippen molar-refractivity contribution in [1.82, 2.24) is 19.5 Å². The zero-order valence-corrected chi connectivity index (χ0v) is 15.5. The molecule has 1 aliphatic heterocycles. The highest BCUT2D eigenvalue weighted by Crippen LogP contribution is 2.38. The zero-order chi connectivity index (χ0) is 19.8. The molecule has 4 atom stereocenters. The number of fused-ring (bicyclic) bond motifs is 1. The van der Waals surface area contributed by atoms with Crippen LogP contribution in [0.1, 0.15) is 36.9 Å². The maximum atomic E-state index is 12.6. The smallest absolute Gasteiger partial charge is 0.338 e. The fourth-order valence-electron chi connectivity index (χ4n) is 3.60. The number of anilines is 1. The van der Waals surface area contributed by atoms with Gasteiger partial charge in [-0.05, 0) is 18.6 Å². The second kappa shape index (κ2) is 7.08. The fourth-order valence-corrected chi connectivity index (χ4v) is 3.60. The van der Waals surface area contributed by atoms with Gasteiger partial charge in [0.25, 0.3) is 5.56 Å². The number of carbonyl (C=O) groups excluding carboxylic acids is 1. The summed E-state index contributed by atoms with van der Waals surface area (Å²) in [5, 5.41) is 0. The quantitative estimate of drug-likeness (QED) is 0.659. The number of nitrogen functional groups attached to an aromatic ring is 1. The van der Waals surface area contributed by atoms with Gasteiger partial charge in [0.15, 0.2) is 23.5 Å². The average Bonchev–Trinajstić information content (AvgIpc) is 3.24. The molecule has 3 aromatic rings. The molecule has 0 aliphatic carbocycles. The Balaban J connectivity index is 1.72. The summed E-state index contributed by atoms with van der Waals surface area (Å²) in [6.45, 7) is 3.98. The monoisotopic (exact) mass is 383 g/mol. The zero-order valence-electron chi connectivity index (χ0n) is 15.5. The van der Waals surface area contributed by atoms with Crippen LogP contribution in [0.4, 0.5) is 5.95 Å². The lowest BCUT2D eigenvalue weighted by atomic mass is 9.98. The molecule has 0 spiro atoms. The third kappa shape index (κ3) is 3.03. The van der Waals surface area contributed by atoms with Gasteiger partial charge in [-0.25, -0.2) is 9.78 Å². The highest BCUT2D eigenvalue weighted by Gasteiger charge is 2.45. The molecule has 1 fully saturated rings. The van der Waals surface area contributed by atoms with Crippen LogP contribution in [-0.4, -0.2) is 37.7 Å². The largest absolute Gasteiger partial charge is 0.454 e. The number of nitrogens with one attached hydrogen (secondary N) is 1. The first-order chi connectivity index (χ1) is 13.5. The first kappa shape index (κ1) is 18.2. The van der Waals surface area contributed by atoms with E-state index in [9.17, 15) is 9.59 Å². The van der Waals surface area contributed by atoms with Crippen LogP contribution in [0.2, 0.25) is 0 Å². The molecule has 2 aromatic heterocycles. The van der Waals surface area contributed by atoms with Crippen molar-refractivity contribution in [2.45, 2.75) is 38.7 Å². The number of rotatable bonds is 4. The molecule has 1 aliphatic rings. The summed E-state index contributed by atoms with van der Waals surface area (Å²) >= 11 is 0. The van der Waals surface area contributed by atoms with Crippen LogP contribution in [0.5, 0.6) is 0 Å². The Morgan fingerprint density at radius 3 is 2.82 bits per heavy atom. The van der Waals surface area contributed by atoms with E-state index >= 15 is 0 Å². The van der Waals surface area contributed by atoms with Crippen LogP contribution < -0.4 is 11.3 Å². The number of H-pyrrole nitrogens is 1. The number of hydrogen-bond acceptors (Lipinski definition) is 7. The van der Waals surface area contributed by atoms with Gasteiger partial charge in [0.2, 0.25) is 5.95 Å². The number of benzene rings is 1. The molecule has 28 heavy (non-hydrogen) atoms. The minimum atomic E-state index is -0.661. The fraction of sp³-hybridized carbons (Fsp3) is 0.368. The third-order valence-corrected chi connectivity index (χ3v) is 5.08. The summed E-state index contributed by atoms with van der Waals surface area (Å²) in [5.74, 6) is -0.507. The summed E-state index contributed by atoms with van der Waals surface area (Å²) in [5.41, 5.74) is 6.16. The van der Waals surface area contributed by atoms with Crippen molar-refractivity contribution >= 4 is 23.1 Å². The molecular weight excluding hydrogens is 362 g/mol. The number of imidazole rings is 1. The van der Waals surface area contributed by atoms with Crippen molar-refractivity contribution in [3.63, 3.8) is 0 Å². The van der Waals surface area contributed by atoms with E-state index in [1.165, 1.54) is 6.33 Å². The van der Waals surface area contributed by atoms with Crippen LogP contribution in [0.25, 0.3) is 11.2 Å². The summed E-state index contributed by atoms with van der Waals surface area (Å²) < 4.78 is 13.6. The van der Waals surface area contributed by atoms with Gasteiger partial charge in [-0.1, -0.05) is 32.0 Å². The number of aromatic amines is 1. The van der Waals surface area contributed by atoms with Crippen LogP contribution in [-0.2, 0) is 9.47 Å². The third-order valence-electron chi connectivity index (χ3n) is 5.08. The molecule has 3 heterocycles. The first-order valence-electron chi connectivity index (χ1n) is 9.13. The van der Waals surface area contributed by atoms with Gasteiger partial charge in [0.1, 0.15) is 0 Å². The number of esters is 1. The molecule has 0 bridgehead atoms. The van der Waals surface area contributed by atoms with E-state index < -0.39 is 23.9 Å². The van der Waals surface area contributed by atoms with Crippen LogP contribution in [0, 0.1) is 5.92 Å². The molecule has 0 amide bonds. The molecule has 146 valence electrons. The Morgan fingerprint density at radius 1 is 1.36 bits per heavy atom. The predicted molar refractivity (Wildman–Crippen MR) is 102 cm³/mol. The van der Waals surface area contributed by atoms with Gasteiger partial charge >= 0.3 is 5.97 Å². The van der Waals surface area contributed by atoms with E-state index in [1.807, 2.05) is 19.9 Å². The normalized spacial score (nSPS) is 24.5. The van der Waals surface area contributed by atoms with Crippen LogP contribution in [0.3, 0.4) is 0 Å². The van der Waals surface area contributed by atoms with Gasteiger partial charge in [0, 0.05) is 5.92 Å². The lowest BCUT2D eigenvalue weighted by molar-refractivity contribution is -0.0469. The predicted octanol–water partition coefficient (Wildman–Crippen LogP) is 1.87. The minimum absolute atomic E-state index is 0.0184. The first-order valence-corrected chi connectivity index (χ1v) is 9.13. The van der Waals surface area contributed by atoms with Crippen molar-refractivity contribution in [1.29, 1.82) is 0 Å². The van der Waals surface area contributed by atoms with E-state index in [-0.39, 0.29) is 29.1 Å². The highest BCUT2D eigenvalue weighted by molar-refractivity contribution is 5.89. The lowest BCUT2D eigenvalue weighted by Gasteiger charge is -2.22. The number of nitrogens with zero attached hydrogens (tertiary/aromatic N) is 3. The number of carbonyl (C=O) groups is 1. The summed E-state index contributed by atoms with van der Waals surface area (Å²) in [6.07, 6.45) is 0.865. The summed E-state index contributed by atoms with van der Waals surface area (Å²) in [7, 11) is 0. The number of hydrogen-bond donors (Lipinski definition) is 2. The Hall–Kier alpha value is -3.20. The second-order valence-corrected chi connectivity index (χ2v) is 6.84. The molecule has 9 heteroatoms. The van der Waals surface area contributed by atoms with Crippen LogP contribution >= 0.6 is 0 Å². The molecule has 3 N–H and O–H groups in total. The second-order valence-electron chi connectivity index (χ2n) is 6.84. The molecular formula is C19H21N5O4. The van der Waals surface area contributed by atoms with Crippen molar-refractivity contribution in [3.05, 3.63) is 52.6 Å². The van der Waals surface area contributed by atoms with Crippen LogP contribution in [0.15, 0.2) is 41.5 Å². The SMILES string of the molecule is CC[C@H]1O[C@@H](n2cnc3c(=O)[nH]c(N)nc32)[C@@H](OC(=O)c2ccccc2)[C@@H]1C. The molecule has 0 saturated carbocycles. The van der Waals surface area contributed by atoms with Gasteiger partial charge < -0.3 is 15.2 Å². The lowest BCUT2D eigenvalue weighted by Crippen LogP contribution is -2.30. The van der Waals surface area contributed by atoms with E-state index in [2.05, 4.69) is 15.0 Å².